The molecular formula is C21H20N2O4S. The van der Waals surface area contributed by atoms with Crippen LogP contribution in [-0.2, 0) is 16.2 Å². The molecule has 2 aromatic carbocycles. The Hall–Kier alpha value is -3.19. The molecule has 1 aliphatic rings. The maximum absolute atomic E-state index is 12.4. The third kappa shape index (κ3) is 3.89. The first kappa shape index (κ1) is 19.6. The molecule has 0 N–H and O–H groups in total. The van der Waals surface area contributed by atoms with Gasteiger partial charge in [0.15, 0.2) is 16.6 Å². The van der Waals surface area contributed by atoms with E-state index in [1.165, 1.54) is 15.9 Å². The molecule has 2 amide bonds. The molecule has 28 heavy (non-hydrogen) atoms. The molecule has 2 aromatic rings. The second-order valence-corrected chi connectivity index (χ2v) is 6.62. The lowest BCUT2D eigenvalue weighted by molar-refractivity contribution is -0.132. The van der Waals surface area contributed by atoms with E-state index in [0.717, 1.165) is 5.56 Å². The van der Waals surface area contributed by atoms with Gasteiger partial charge in [0.2, 0.25) is 0 Å². The Kier molecular flexibility index (Phi) is 5.75. The third-order valence-corrected chi connectivity index (χ3v) is 4.93. The predicted molar refractivity (Wildman–Crippen MR) is 110 cm³/mol. The van der Waals surface area contributed by atoms with E-state index < -0.39 is 11.8 Å². The highest BCUT2D eigenvalue weighted by Crippen LogP contribution is 2.30. The van der Waals surface area contributed by atoms with Crippen LogP contribution in [-0.4, -0.2) is 47.9 Å². The fourth-order valence-electron chi connectivity index (χ4n) is 2.77. The molecule has 1 saturated heterocycles. The van der Waals surface area contributed by atoms with Crippen molar-refractivity contribution in [2.24, 2.45) is 0 Å². The summed E-state index contributed by atoms with van der Waals surface area (Å²) in [5.74, 6) is 0.219. The fourth-order valence-corrected chi connectivity index (χ4v) is 2.94. The molecule has 0 bridgehead atoms. The van der Waals surface area contributed by atoms with Crippen molar-refractivity contribution in [3.8, 4) is 11.5 Å². The van der Waals surface area contributed by atoms with Gasteiger partial charge in [0, 0.05) is 14.1 Å². The Bertz CT molecular complexity index is 930. The Labute approximate surface area is 169 Å². The molecule has 0 aromatic heterocycles. The molecule has 1 heterocycles. The van der Waals surface area contributed by atoms with Gasteiger partial charge < -0.3 is 9.47 Å². The van der Waals surface area contributed by atoms with E-state index in [1.807, 2.05) is 30.3 Å². The van der Waals surface area contributed by atoms with Crippen molar-refractivity contribution in [1.82, 2.24) is 9.80 Å². The van der Waals surface area contributed by atoms with Crippen LogP contribution in [0.3, 0.4) is 0 Å². The van der Waals surface area contributed by atoms with Crippen molar-refractivity contribution < 1.29 is 19.1 Å². The second kappa shape index (κ2) is 8.22. The van der Waals surface area contributed by atoms with E-state index in [-0.39, 0.29) is 10.7 Å². The molecule has 0 spiro atoms. The quantitative estimate of drug-likeness (QED) is 0.442. The first-order valence-corrected chi connectivity index (χ1v) is 8.99. The number of thiocarbonyl (C=S) groups is 1. The Morgan fingerprint density at radius 1 is 0.964 bits per heavy atom. The van der Waals surface area contributed by atoms with Crippen LogP contribution in [0, 0.1) is 0 Å². The van der Waals surface area contributed by atoms with E-state index in [0.29, 0.717) is 23.7 Å². The highest BCUT2D eigenvalue weighted by molar-refractivity contribution is 7.80. The summed E-state index contributed by atoms with van der Waals surface area (Å²) in [7, 11) is 4.63. The number of rotatable bonds is 5. The van der Waals surface area contributed by atoms with Crippen LogP contribution in [0.25, 0.3) is 6.08 Å². The van der Waals surface area contributed by atoms with E-state index >= 15 is 0 Å². The Morgan fingerprint density at radius 2 is 1.61 bits per heavy atom. The molecule has 144 valence electrons. The SMILES string of the molecule is COc1cc(C=C2C(=O)N(C)C(=S)N(C)C2=O)ccc1OCc1ccccc1. The van der Waals surface area contributed by atoms with Crippen molar-refractivity contribution in [2.45, 2.75) is 6.61 Å². The predicted octanol–water partition coefficient (Wildman–Crippen LogP) is 2.87. The zero-order valence-electron chi connectivity index (χ0n) is 15.8. The first-order valence-electron chi connectivity index (χ1n) is 8.59. The largest absolute Gasteiger partial charge is 0.493 e. The van der Waals surface area contributed by atoms with E-state index in [9.17, 15) is 9.59 Å². The normalized spacial score (nSPS) is 14.4. The number of nitrogens with zero attached hydrogens (tertiary/aromatic N) is 2. The minimum Gasteiger partial charge on any atom is -0.493 e. The number of amides is 2. The number of hydrogen-bond acceptors (Lipinski definition) is 5. The van der Waals surface area contributed by atoms with Gasteiger partial charge in [0.1, 0.15) is 12.2 Å². The van der Waals surface area contributed by atoms with Gasteiger partial charge in [-0.05, 0) is 41.6 Å². The molecule has 0 atom stereocenters. The standard InChI is InChI=1S/C21H20N2O4S/c1-22-19(24)16(20(25)23(2)21(22)28)11-15-9-10-17(18(12-15)26-3)27-13-14-7-5-4-6-8-14/h4-12H,13H2,1-3H3. The highest BCUT2D eigenvalue weighted by atomic mass is 32.1. The molecule has 0 radical (unpaired) electrons. The lowest BCUT2D eigenvalue weighted by atomic mass is 10.1. The molecular weight excluding hydrogens is 376 g/mol. The fraction of sp³-hybridized carbons (Fsp3) is 0.190. The van der Waals surface area contributed by atoms with Gasteiger partial charge in [-0.2, -0.15) is 0 Å². The van der Waals surface area contributed by atoms with Gasteiger partial charge in [-0.3, -0.25) is 19.4 Å². The summed E-state index contributed by atoms with van der Waals surface area (Å²) in [5.41, 5.74) is 1.73. The molecule has 7 heteroatoms. The van der Waals surface area contributed by atoms with E-state index in [2.05, 4.69) is 0 Å². The lowest BCUT2D eigenvalue weighted by Gasteiger charge is -2.31. The number of hydrogen-bond donors (Lipinski definition) is 0. The molecule has 6 nitrogen and oxygen atoms in total. The summed E-state index contributed by atoms with van der Waals surface area (Å²) in [5, 5.41) is 0.175. The molecule has 0 saturated carbocycles. The number of methoxy groups -OCH3 is 1. The molecule has 1 fully saturated rings. The highest BCUT2D eigenvalue weighted by Gasteiger charge is 2.35. The summed E-state index contributed by atoms with van der Waals surface area (Å²) in [4.78, 5) is 27.4. The lowest BCUT2D eigenvalue weighted by Crippen LogP contribution is -2.52. The van der Waals surface area contributed by atoms with E-state index in [4.69, 9.17) is 21.7 Å². The van der Waals surface area contributed by atoms with Crippen molar-refractivity contribution in [1.29, 1.82) is 0 Å². The van der Waals surface area contributed by atoms with Crippen LogP contribution < -0.4 is 9.47 Å². The van der Waals surface area contributed by atoms with Gasteiger partial charge in [0.05, 0.1) is 7.11 Å². The summed E-state index contributed by atoms with van der Waals surface area (Å²) in [6.45, 7) is 0.404. The van der Waals surface area contributed by atoms with Crippen molar-refractivity contribution in [3.05, 3.63) is 65.2 Å². The topological polar surface area (TPSA) is 59.1 Å². The third-order valence-electron chi connectivity index (χ3n) is 4.38. The molecule has 3 rings (SSSR count). The zero-order chi connectivity index (χ0) is 20.3. The van der Waals surface area contributed by atoms with Gasteiger partial charge >= 0.3 is 0 Å². The average molecular weight is 396 g/mol. The number of likely N-dealkylation sites (N-methyl/N-ethyl adjacent to an activating group) is 2. The van der Waals surface area contributed by atoms with Crippen molar-refractivity contribution in [2.75, 3.05) is 21.2 Å². The summed E-state index contributed by atoms with van der Waals surface area (Å²) < 4.78 is 11.2. The Morgan fingerprint density at radius 3 is 2.21 bits per heavy atom. The van der Waals surface area contributed by atoms with Crippen molar-refractivity contribution in [3.63, 3.8) is 0 Å². The zero-order valence-corrected chi connectivity index (χ0v) is 16.7. The summed E-state index contributed by atoms with van der Waals surface area (Å²) in [6, 6.07) is 15.0. The maximum atomic E-state index is 12.4. The summed E-state index contributed by atoms with van der Waals surface area (Å²) in [6.07, 6.45) is 1.53. The molecule has 0 aliphatic carbocycles. The number of carbonyl (C=O) groups is 2. The smallest absolute Gasteiger partial charge is 0.265 e. The number of benzene rings is 2. The minimum absolute atomic E-state index is 0.0404. The minimum atomic E-state index is -0.434. The van der Waals surface area contributed by atoms with Gasteiger partial charge in [-0.25, -0.2) is 0 Å². The molecule has 1 aliphatic heterocycles. The van der Waals surface area contributed by atoms with Crippen LogP contribution in [0.2, 0.25) is 0 Å². The van der Waals surface area contributed by atoms with Crippen LogP contribution in [0.1, 0.15) is 11.1 Å². The van der Waals surface area contributed by atoms with Gasteiger partial charge in [-0.1, -0.05) is 36.4 Å². The monoisotopic (exact) mass is 396 g/mol. The van der Waals surface area contributed by atoms with Crippen LogP contribution >= 0.6 is 12.2 Å². The first-order chi connectivity index (χ1) is 13.4. The van der Waals surface area contributed by atoms with Crippen LogP contribution in [0.4, 0.5) is 0 Å². The maximum Gasteiger partial charge on any atom is 0.265 e. The van der Waals surface area contributed by atoms with Crippen molar-refractivity contribution >= 4 is 35.2 Å². The molecule has 0 unspecified atom stereocenters. The number of carbonyl (C=O) groups excluding carboxylic acids is 2. The average Bonchev–Trinajstić information content (AvgIpc) is 2.73. The van der Waals surface area contributed by atoms with Gasteiger partial charge in [0.25, 0.3) is 11.8 Å². The van der Waals surface area contributed by atoms with Crippen LogP contribution in [0.5, 0.6) is 11.5 Å². The van der Waals surface area contributed by atoms with Crippen LogP contribution in [0.15, 0.2) is 54.1 Å². The second-order valence-electron chi connectivity index (χ2n) is 6.25. The van der Waals surface area contributed by atoms with E-state index in [1.54, 1.807) is 39.4 Å². The van der Waals surface area contributed by atoms with Gasteiger partial charge in [-0.15, -0.1) is 0 Å². The summed E-state index contributed by atoms with van der Waals surface area (Å²) >= 11 is 5.10. The Balaban J connectivity index is 1.85. The number of ether oxygens (including phenoxy) is 2.